The topological polar surface area (TPSA) is 39.7 Å². The Morgan fingerprint density at radius 1 is 1.16 bits per heavy atom. The number of hydrogen-bond donors (Lipinski definition) is 1. The third kappa shape index (κ3) is 3.89. The summed E-state index contributed by atoms with van der Waals surface area (Å²) in [7, 11) is 4.85. The lowest BCUT2D eigenvalue weighted by molar-refractivity contribution is 0.321. The molecule has 0 aliphatic carbocycles. The second kappa shape index (κ2) is 7.69. The van der Waals surface area contributed by atoms with E-state index in [0.717, 1.165) is 12.0 Å². The Labute approximate surface area is 115 Å². The molecule has 1 atom stereocenters. The van der Waals surface area contributed by atoms with Crippen molar-refractivity contribution in [2.45, 2.75) is 25.9 Å². The summed E-state index contributed by atoms with van der Waals surface area (Å²) in [4.78, 5) is 0. The van der Waals surface area contributed by atoms with Crippen LogP contribution >= 0.6 is 0 Å². The number of benzene rings is 1. The molecule has 0 saturated heterocycles. The van der Waals surface area contributed by atoms with Gasteiger partial charge in [-0.15, -0.1) is 6.58 Å². The van der Waals surface area contributed by atoms with Gasteiger partial charge in [-0.05, 0) is 19.4 Å². The van der Waals surface area contributed by atoms with Crippen LogP contribution in [0.25, 0.3) is 0 Å². The minimum Gasteiger partial charge on any atom is -0.493 e. The zero-order chi connectivity index (χ0) is 14.3. The molecular formula is C15H23NO3. The SMILES string of the molecule is C=CCC(C)NCc1ccc(OC)c(OC)c1OC. The molecule has 4 heteroatoms. The van der Waals surface area contributed by atoms with Crippen molar-refractivity contribution in [3.63, 3.8) is 0 Å². The van der Waals surface area contributed by atoms with Gasteiger partial charge in [0.05, 0.1) is 21.3 Å². The van der Waals surface area contributed by atoms with Crippen LogP contribution in [0.15, 0.2) is 24.8 Å². The van der Waals surface area contributed by atoms with E-state index in [9.17, 15) is 0 Å². The zero-order valence-electron chi connectivity index (χ0n) is 12.2. The van der Waals surface area contributed by atoms with E-state index in [-0.39, 0.29) is 0 Å². The fourth-order valence-corrected chi connectivity index (χ4v) is 1.92. The van der Waals surface area contributed by atoms with Gasteiger partial charge < -0.3 is 19.5 Å². The summed E-state index contributed by atoms with van der Waals surface area (Å²) in [5.41, 5.74) is 1.04. The zero-order valence-corrected chi connectivity index (χ0v) is 12.2. The Bertz CT molecular complexity index is 418. The van der Waals surface area contributed by atoms with Gasteiger partial charge in [0.2, 0.25) is 5.75 Å². The Kier molecular flexibility index (Phi) is 6.22. The van der Waals surface area contributed by atoms with E-state index in [1.54, 1.807) is 21.3 Å². The molecule has 0 spiro atoms. The fourth-order valence-electron chi connectivity index (χ4n) is 1.92. The van der Waals surface area contributed by atoms with Crippen molar-refractivity contribution in [2.24, 2.45) is 0 Å². The molecule has 1 unspecified atom stereocenters. The predicted molar refractivity (Wildman–Crippen MR) is 77.2 cm³/mol. The van der Waals surface area contributed by atoms with Gasteiger partial charge in [0.25, 0.3) is 0 Å². The van der Waals surface area contributed by atoms with Gasteiger partial charge in [0.15, 0.2) is 11.5 Å². The van der Waals surface area contributed by atoms with Crippen LogP contribution < -0.4 is 19.5 Å². The molecule has 0 saturated carbocycles. The van der Waals surface area contributed by atoms with Crippen molar-refractivity contribution >= 4 is 0 Å². The summed E-state index contributed by atoms with van der Waals surface area (Å²) >= 11 is 0. The Hall–Kier alpha value is -1.68. The van der Waals surface area contributed by atoms with Gasteiger partial charge in [-0.2, -0.15) is 0 Å². The second-order valence-corrected chi connectivity index (χ2v) is 4.30. The van der Waals surface area contributed by atoms with Crippen LogP contribution in [0.3, 0.4) is 0 Å². The molecule has 4 nitrogen and oxygen atoms in total. The van der Waals surface area contributed by atoms with Crippen molar-refractivity contribution in [3.05, 3.63) is 30.4 Å². The van der Waals surface area contributed by atoms with Crippen LogP contribution in [0.4, 0.5) is 0 Å². The lowest BCUT2D eigenvalue weighted by Crippen LogP contribution is -2.25. The Morgan fingerprint density at radius 2 is 1.84 bits per heavy atom. The van der Waals surface area contributed by atoms with Gasteiger partial charge in [0.1, 0.15) is 0 Å². The lowest BCUT2D eigenvalue weighted by atomic mass is 10.1. The normalized spacial score (nSPS) is 11.8. The Morgan fingerprint density at radius 3 is 2.37 bits per heavy atom. The molecule has 1 aromatic rings. The van der Waals surface area contributed by atoms with Crippen molar-refractivity contribution in [3.8, 4) is 17.2 Å². The summed E-state index contributed by atoms with van der Waals surface area (Å²) in [5.74, 6) is 2.00. The van der Waals surface area contributed by atoms with E-state index in [2.05, 4.69) is 18.8 Å². The van der Waals surface area contributed by atoms with Gasteiger partial charge in [-0.3, -0.25) is 0 Å². The molecule has 1 rings (SSSR count). The number of methoxy groups -OCH3 is 3. The number of rotatable bonds is 8. The first-order valence-corrected chi connectivity index (χ1v) is 6.30. The first-order chi connectivity index (χ1) is 9.17. The summed E-state index contributed by atoms with van der Waals surface area (Å²) in [5, 5.41) is 3.42. The summed E-state index contributed by atoms with van der Waals surface area (Å²) in [6.45, 7) is 6.57. The van der Waals surface area contributed by atoms with Gasteiger partial charge in [0, 0.05) is 18.2 Å². The molecule has 0 fully saturated rings. The maximum absolute atomic E-state index is 5.44. The minimum atomic E-state index is 0.371. The first-order valence-electron chi connectivity index (χ1n) is 6.30. The van der Waals surface area contributed by atoms with Gasteiger partial charge >= 0.3 is 0 Å². The van der Waals surface area contributed by atoms with Crippen LogP contribution in [0, 0.1) is 0 Å². The van der Waals surface area contributed by atoms with E-state index in [0.29, 0.717) is 29.8 Å². The van der Waals surface area contributed by atoms with Crippen molar-refractivity contribution in [1.29, 1.82) is 0 Å². The Balaban J connectivity index is 2.91. The maximum Gasteiger partial charge on any atom is 0.203 e. The predicted octanol–water partition coefficient (Wildman–Crippen LogP) is 2.77. The molecule has 1 aromatic carbocycles. The highest BCUT2D eigenvalue weighted by Gasteiger charge is 2.15. The fraction of sp³-hybridized carbons (Fsp3) is 0.467. The number of ether oxygens (including phenoxy) is 3. The van der Waals surface area contributed by atoms with Crippen LogP contribution in [-0.4, -0.2) is 27.4 Å². The van der Waals surface area contributed by atoms with E-state index in [1.165, 1.54) is 0 Å². The second-order valence-electron chi connectivity index (χ2n) is 4.30. The highest BCUT2D eigenvalue weighted by Crippen LogP contribution is 2.39. The van der Waals surface area contributed by atoms with Gasteiger partial charge in [-0.1, -0.05) is 12.1 Å². The number of hydrogen-bond acceptors (Lipinski definition) is 4. The smallest absolute Gasteiger partial charge is 0.203 e. The highest BCUT2D eigenvalue weighted by molar-refractivity contribution is 5.55. The minimum absolute atomic E-state index is 0.371. The molecular weight excluding hydrogens is 242 g/mol. The average Bonchev–Trinajstić information content (AvgIpc) is 2.43. The van der Waals surface area contributed by atoms with Crippen molar-refractivity contribution in [2.75, 3.05) is 21.3 Å². The molecule has 0 bridgehead atoms. The third-order valence-electron chi connectivity index (χ3n) is 2.95. The van der Waals surface area contributed by atoms with E-state index in [4.69, 9.17) is 14.2 Å². The largest absolute Gasteiger partial charge is 0.493 e. The molecule has 0 amide bonds. The highest BCUT2D eigenvalue weighted by atomic mass is 16.5. The van der Waals surface area contributed by atoms with Crippen LogP contribution in [0.2, 0.25) is 0 Å². The molecule has 0 aliphatic heterocycles. The van der Waals surface area contributed by atoms with Crippen molar-refractivity contribution < 1.29 is 14.2 Å². The quantitative estimate of drug-likeness (QED) is 0.734. The van der Waals surface area contributed by atoms with E-state index in [1.807, 2.05) is 18.2 Å². The maximum atomic E-state index is 5.44. The monoisotopic (exact) mass is 265 g/mol. The molecule has 19 heavy (non-hydrogen) atoms. The van der Waals surface area contributed by atoms with E-state index < -0.39 is 0 Å². The molecule has 0 aromatic heterocycles. The average molecular weight is 265 g/mol. The molecule has 0 radical (unpaired) electrons. The summed E-state index contributed by atoms with van der Waals surface area (Å²) < 4.78 is 16.1. The van der Waals surface area contributed by atoms with Crippen LogP contribution in [-0.2, 0) is 6.54 Å². The van der Waals surface area contributed by atoms with Crippen LogP contribution in [0.5, 0.6) is 17.2 Å². The number of nitrogens with one attached hydrogen (secondary N) is 1. The first kappa shape index (κ1) is 15.4. The lowest BCUT2D eigenvalue weighted by Gasteiger charge is -2.17. The van der Waals surface area contributed by atoms with Crippen LogP contribution in [0.1, 0.15) is 18.9 Å². The van der Waals surface area contributed by atoms with Gasteiger partial charge in [-0.25, -0.2) is 0 Å². The van der Waals surface area contributed by atoms with E-state index >= 15 is 0 Å². The van der Waals surface area contributed by atoms with Crippen molar-refractivity contribution in [1.82, 2.24) is 5.32 Å². The molecule has 106 valence electrons. The molecule has 0 heterocycles. The summed E-state index contributed by atoms with van der Waals surface area (Å²) in [6, 6.07) is 4.24. The molecule has 0 aliphatic rings. The summed E-state index contributed by atoms with van der Waals surface area (Å²) in [6.07, 6.45) is 2.83. The standard InChI is InChI=1S/C15H23NO3/c1-6-7-11(2)16-10-12-8-9-13(17-3)15(19-5)14(12)18-4/h6,8-9,11,16H,1,7,10H2,2-5H3. The third-order valence-corrected chi connectivity index (χ3v) is 2.95. The molecule has 1 N–H and O–H groups in total.